The van der Waals surface area contributed by atoms with Gasteiger partial charge in [0.15, 0.2) is 0 Å². The Bertz CT molecular complexity index is 813. The number of rotatable bonds is 5. The average Bonchev–Trinajstić information content (AvgIpc) is 3.04. The van der Waals surface area contributed by atoms with E-state index in [0.717, 1.165) is 55.3 Å². The van der Waals surface area contributed by atoms with Crippen molar-refractivity contribution < 1.29 is 9.47 Å². The molecule has 130 valence electrons. The third kappa shape index (κ3) is 3.83. The first-order valence-electron chi connectivity index (χ1n) is 8.70. The van der Waals surface area contributed by atoms with Gasteiger partial charge in [-0.05, 0) is 29.8 Å². The lowest BCUT2D eigenvalue weighted by Gasteiger charge is -2.32. The second-order valence-electron chi connectivity index (χ2n) is 6.48. The normalized spacial score (nSPS) is 18.5. The molecule has 0 aliphatic carbocycles. The van der Waals surface area contributed by atoms with E-state index in [1.165, 1.54) is 5.56 Å². The molecular weight excluding hydrogens is 314 g/mol. The van der Waals surface area contributed by atoms with Crippen molar-refractivity contribution in [2.45, 2.75) is 19.1 Å². The number of fused-ring (bicyclic) bond motifs is 1. The van der Waals surface area contributed by atoms with Crippen molar-refractivity contribution >= 4 is 11.0 Å². The molecule has 0 spiro atoms. The maximum Gasteiger partial charge on any atom is 0.121 e. The third-order valence-electron chi connectivity index (χ3n) is 4.63. The number of hydrogen-bond acceptors (Lipinski definition) is 4. The van der Waals surface area contributed by atoms with E-state index in [1.54, 1.807) is 7.11 Å². The number of imidazole rings is 1. The molecule has 1 N–H and O–H groups in total. The number of aromatic nitrogens is 2. The van der Waals surface area contributed by atoms with Crippen molar-refractivity contribution in [3.63, 3.8) is 0 Å². The highest BCUT2D eigenvalue weighted by Gasteiger charge is 2.21. The van der Waals surface area contributed by atoms with E-state index < -0.39 is 0 Å². The van der Waals surface area contributed by atoms with Gasteiger partial charge in [0, 0.05) is 19.5 Å². The van der Waals surface area contributed by atoms with Crippen LogP contribution in [0.3, 0.4) is 0 Å². The molecule has 1 unspecified atom stereocenters. The molecule has 5 nitrogen and oxygen atoms in total. The first kappa shape index (κ1) is 16.1. The predicted octanol–water partition coefficient (Wildman–Crippen LogP) is 3.02. The Morgan fingerprint density at radius 2 is 2.16 bits per heavy atom. The van der Waals surface area contributed by atoms with Crippen molar-refractivity contribution in [2.75, 3.05) is 26.8 Å². The van der Waals surface area contributed by atoms with Gasteiger partial charge in [0.1, 0.15) is 11.6 Å². The fraction of sp³-hybridized carbons (Fsp3) is 0.350. The summed E-state index contributed by atoms with van der Waals surface area (Å²) in [5.74, 6) is 1.91. The molecule has 1 aliphatic rings. The summed E-state index contributed by atoms with van der Waals surface area (Å²) < 4.78 is 11.3. The highest BCUT2D eigenvalue weighted by atomic mass is 16.5. The van der Waals surface area contributed by atoms with Gasteiger partial charge in [-0.15, -0.1) is 0 Å². The maximum absolute atomic E-state index is 5.97. The summed E-state index contributed by atoms with van der Waals surface area (Å²) >= 11 is 0. The number of aromatic amines is 1. The first-order valence-corrected chi connectivity index (χ1v) is 8.70. The minimum atomic E-state index is 0.199. The summed E-state index contributed by atoms with van der Waals surface area (Å²) in [6.07, 6.45) is 1.10. The highest BCUT2D eigenvalue weighted by molar-refractivity contribution is 5.74. The van der Waals surface area contributed by atoms with Crippen LogP contribution in [0.25, 0.3) is 11.0 Å². The van der Waals surface area contributed by atoms with Gasteiger partial charge in [0.25, 0.3) is 0 Å². The molecule has 1 atom stereocenters. The van der Waals surface area contributed by atoms with E-state index in [1.807, 2.05) is 30.3 Å². The molecule has 0 saturated carbocycles. The number of morpholine rings is 1. The minimum absolute atomic E-state index is 0.199. The average molecular weight is 337 g/mol. The number of H-pyrrole nitrogens is 1. The lowest BCUT2D eigenvalue weighted by molar-refractivity contribution is -0.0311. The molecule has 1 fully saturated rings. The van der Waals surface area contributed by atoms with Crippen LogP contribution in [0.2, 0.25) is 0 Å². The number of methoxy groups -OCH3 is 1. The molecule has 25 heavy (non-hydrogen) atoms. The summed E-state index contributed by atoms with van der Waals surface area (Å²) in [4.78, 5) is 10.5. The van der Waals surface area contributed by atoms with Gasteiger partial charge in [-0.1, -0.05) is 24.3 Å². The van der Waals surface area contributed by atoms with E-state index in [0.29, 0.717) is 0 Å². The molecule has 1 aromatic heterocycles. The van der Waals surface area contributed by atoms with Crippen LogP contribution in [-0.2, 0) is 17.7 Å². The minimum Gasteiger partial charge on any atom is -0.497 e. The Morgan fingerprint density at radius 1 is 1.24 bits per heavy atom. The summed E-state index contributed by atoms with van der Waals surface area (Å²) in [6.45, 7) is 3.43. The van der Waals surface area contributed by atoms with Crippen LogP contribution >= 0.6 is 0 Å². The van der Waals surface area contributed by atoms with Gasteiger partial charge in [0.05, 0.1) is 37.4 Å². The third-order valence-corrected chi connectivity index (χ3v) is 4.63. The summed E-state index contributed by atoms with van der Waals surface area (Å²) in [6, 6.07) is 16.4. The lowest BCUT2D eigenvalue weighted by atomic mass is 10.1. The van der Waals surface area contributed by atoms with Gasteiger partial charge in [0.2, 0.25) is 0 Å². The predicted molar refractivity (Wildman–Crippen MR) is 97.8 cm³/mol. The van der Waals surface area contributed by atoms with Crippen molar-refractivity contribution in [3.8, 4) is 5.75 Å². The van der Waals surface area contributed by atoms with Crippen LogP contribution in [0.15, 0.2) is 48.5 Å². The van der Waals surface area contributed by atoms with Gasteiger partial charge < -0.3 is 14.5 Å². The Kier molecular flexibility index (Phi) is 4.68. The van der Waals surface area contributed by atoms with Crippen LogP contribution in [0.1, 0.15) is 11.4 Å². The first-order chi connectivity index (χ1) is 12.3. The van der Waals surface area contributed by atoms with Gasteiger partial charge >= 0.3 is 0 Å². The number of ether oxygens (including phenoxy) is 2. The van der Waals surface area contributed by atoms with Crippen molar-refractivity contribution in [1.29, 1.82) is 0 Å². The summed E-state index contributed by atoms with van der Waals surface area (Å²) in [7, 11) is 1.70. The van der Waals surface area contributed by atoms with Crippen LogP contribution in [0.5, 0.6) is 5.75 Å². The molecule has 2 aromatic carbocycles. The van der Waals surface area contributed by atoms with E-state index >= 15 is 0 Å². The smallest absolute Gasteiger partial charge is 0.121 e. The molecule has 0 bridgehead atoms. The number of hydrogen-bond donors (Lipinski definition) is 1. The van der Waals surface area contributed by atoms with Crippen LogP contribution in [-0.4, -0.2) is 47.8 Å². The zero-order valence-corrected chi connectivity index (χ0v) is 14.4. The van der Waals surface area contributed by atoms with E-state index in [2.05, 4.69) is 33.1 Å². The summed E-state index contributed by atoms with van der Waals surface area (Å²) in [5.41, 5.74) is 3.37. The van der Waals surface area contributed by atoms with Gasteiger partial charge in [-0.2, -0.15) is 0 Å². The van der Waals surface area contributed by atoms with E-state index in [4.69, 9.17) is 9.47 Å². The molecule has 1 aliphatic heterocycles. The second kappa shape index (κ2) is 7.25. The molecule has 0 radical (unpaired) electrons. The zero-order valence-electron chi connectivity index (χ0n) is 14.4. The van der Waals surface area contributed by atoms with E-state index in [9.17, 15) is 0 Å². The second-order valence-corrected chi connectivity index (χ2v) is 6.48. The lowest BCUT2D eigenvalue weighted by Crippen LogP contribution is -2.43. The number of benzene rings is 2. The van der Waals surface area contributed by atoms with Crippen LogP contribution in [0, 0.1) is 0 Å². The van der Waals surface area contributed by atoms with E-state index in [-0.39, 0.29) is 6.10 Å². The molecule has 1 saturated heterocycles. The van der Waals surface area contributed by atoms with Crippen LogP contribution in [0.4, 0.5) is 0 Å². The van der Waals surface area contributed by atoms with Crippen molar-refractivity contribution in [3.05, 3.63) is 59.9 Å². The van der Waals surface area contributed by atoms with Crippen LogP contribution < -0.4 is 4.74 Å². The Labute approximate surface area is 147 Å². The standard InChI is InChI=1S/C20H23N3O2/c1-24-16-6-4-5-15(11-16)12-17-13-23(9-10-25-17)14-20-21-18-7-2-3-8-19(18)22-20/h2-8,11,17H,9-10,12-14H2,1H3,(H,21,22). The molecule has 0 amide bonds. The molecule has 4 rings (SSSR count). The monoisotopic (exact) mass is 337 g/mol. The number of para-hydroxylation sites is 2. The van der Waals surface area contributed by atoms with Gasteiger partial charge in [-0.25, -0.2) is 4.98 Å². The largest absolute Gasteiger partial charge is 0.497 e. The zero-order chi connectivity index (χ0) is 17.1. The number of nitrogens with zero attached hydrogens (tertiary/aromatic N) is 2. The van der Waals surface area contributed by atoms with Crippen molar-refractivity contribution in [2.24, 2.45) is 0 Å². The fourth-order valence-electron chi connectivity index (χ4n) is 3.40. The highest BCUT2D eigenvalue weighted by Crippen LogP contribution is 2.18. The fourth-order valence-corrected chi connectivity index (χ4v) is 3.40. The molecule has 5 heteroatoms. The van der Waals surface area contributed by atoms with Gasteiger partial charge in [-0.3, -0.25) is 4.90 Å². The maximum atomic E-state index is 5.97. The number of nitrogens with one attached hydrogen (secondary N) is 1. The van der Waals surface area contributed by atoms with Crippen molar-refractivity contribution in [1.82, 2.24) is 14.9 Å². The molecule has 2 heterocycles. The Hall–Kier alpha value is -2.37. The Morgan fingerprint density at radius 3 is 3.04 bits per heavy atom. The topological polar surface area (TPSA) is 50.4 Å². The Balaban J connectivity index is 1.40. The molecular formula is C20H23N3O2. The summed E-state index contributed by atoms with van der Waals surface area (Å²) in [5, 5.41) is 0. The molecule has 3 aromatic rings. The quantitative estimate of drug-likeness (QED) is 0.777. The SMILES string of the molecule is COc1cccc(CC2CN(Cc3nc4ccccc4[nH]3)CCO2)c1.